The van der Waals surface area contributed by atoms with Crippen molar-refractivity contribution >= 4 is 30.0 Å². The fraction of sp³-hybridized carbons (Fsp3) is 0.478. The van der Waals surface area contributed by atoms with Gasteiger partial charge in [0.15, 0.2) is 12.2 Å². The highest BCUT2D eigenvalue weighted by atomic mass is 16.7. The Morgan fingerprint density at radius 2 is 1.41 bits per heavy atom. The molecule has 0 aliphatic carbocycles. The summed E-state index contributed by atoms with van der Waals surface area (Å²) in [6.45, 7) is 4.17. The lowest BCUT2D eigenvalue weighted by molar-refractivity contribution is -0.288. The number of ether oxygens (including phenoxy) is 6. The molecule has 1 fully saturated rings. The maximum Gasteiger partial charge on any atom is 0.303 e. The smallest absolute Gasteiger partial charge is 0.303 e. The van der Waals surface area contributed by atoms with Gasteiger partial charge in [-0.25, -0.2) is 0 Å². The molecular weight excluding hydrogens is 452 g/mol. The van der Waals surface area contributed by atoms with Gasteiger partial charge in [-0.3, -0.25) is 19.2 Å². The van der Waals surface area contributed by atoms with Crippen LogP contribution >= 0.6 is 0 Å². The highest BCUT2D eigenvalue weighted by Gasteiger charge is 2.53. The number of aliphatic hydroxyl groups excluding tert-OH is 1. The van der Waals surface area contributed by atoms with E-state index in [1.807, 2.05) is 0 Å². The predicted molar refractivity (Wildman–Crippen MR) is 115 cm³/mol. The molecule has 1 aliphatic rings. The molecule has 1 N–H and O–H groups in total. The summed E-state index contributed by atoms with van der Waals surface area (Å²) in [4.78, 5) is 46.8. The molecule has 1 aromatic rings. The molecule has 11 heteroatoms. The number of hydrogen-bond acceptors (Lipinski definition) is 11. The minimum Gasteiger partial charge on any atom is -0.463 e. The molecule has 5 atom stereocenters. The van der Waals surface area contributed by atoms with Crippen molar-refractivity contribution in [2.75, 3.05) is 13.2 Å². The number of rotatable bonds is 9. The van der Waals surface area contributed by atoms with E-state index in [-0.39, 0.29) is 13.2 Å². The van der Waals surface area contributed by atoms with Gasteiger partial charge in [0.2, 0.25) is 12.4 Å². The monoisotopic (exact) mass is 480 g/mol. The number of esters is 4. The summed E-state index contributed by atoms with van der Waals surface area (Å²) < 4.78 is 32.8. The van der Waals surface area contributed by atoms with E-state index in [0.717, 1.165) is 26.3 Å². The van der Waals surface area contributed by atoms with Gasteiger partial charge in [-0.2, -0.15) is 0 Å². The predicted octanol–water partition coefficient (Wildman–Crippen LogP) is 1.15. The van der Waals surface area contributed by atoms with Gasteiger partial charge in [0.05, 0.1) is 6.61 Å². The number of hydrogen-bond donors (Lipinski definition) is 1. The fourth-order valence-electron chi connectivity index (χ4n) is 3.26. The molecule has 0 aromatic heterocycles. The third-order valence-electron chi connectivity index (χ3n) is 4.50. The summed E-state index contributed by atoms with van der Waals surface area (Å²) >= 11 is 0. The Morgan fingerprint density at radius 3 is 1.94 bits per heavy atom. The van der Waals surface area contributed by atoms with E-state index in [9.17, 15) is 19.2 Å². The summed E-state index contributed by atoms with van der Waals surface area (Å²) in [7, 11) is 0. The second kappa shape index (κ2) is 12.7. The highest BCUT2D eigenvalue weighted by Crippen LogP contribution is 2.31. The lowest BCUT2D eigenvalue weighted by Crippen LogP contribution is -2.63. The molecule has 0 bridgehead atoms. The third kappa shape index (κ3) is 8.16. The normalized spacial score (nSPS) is 24.2. The maximum absolute atomic E-state index is 11.8. The van der Waals surface area contributed by atoms with Crippen LogP contribution in [0.5, 0.6) is 5.75 Å². The fourth-order valence-corrected chi connectivity index (χ4v) is 3.26. The van der Waals surface area contributed by atoms with Gasteiger partial charge in [0.25, 0.3) is 0 Å². The molecule has 1 saturated heterocycles. The van der Waals surface area contributed by atoms with E-state index >= 15 is 0 Å². The van der Waals surface area contributed by atoms with Crippen molar-refractivity contribution in [2.45, 2.75) is 58.4 Å². The van der Waals surface area contributed by atoms with Gasteiger partial charge in [0.1, 0.15) is 18.5 Å². The molecule has 0 radical (unpaired) electrons. The molecule has 11 nitrogen and oxygen atoms in total. The zero-order valence-electron chi connectivity index (χ0n) is 19.3. The summed E-state index contributed by atoms with van der Waals surface area (Å²) in [5.41, 5.74) is 0.794. The van der Waals surface area contributed by atoms with Crippen LogP contribution in [0.25, 0.3) is 6.08 Å². The first-order chi connectivity index (χ1) is 16.1. The molecule has 1 aromatic carbocycles. The highest BCUT2D eigenvalue weighted by molar-refractivity contribution is 5.68. The van der Waals surface area contributed by atoms with Crippen LogP contribution in [-0.2, 0) is 42.9 Å². The van der Waals surface area contributed by atoms with Gasteiger partial charge in [-0.15, -0.1) is 0 Å². The SMILES string of the molecule is CC(=O)OC[C@H]1O[C@@H](Oc2ccc(/C=C/CO)cc2)[C@H](OC(C)=O)[C@@H](OC(C)=O)[C@@H]1OC(C)=O. The van der Waals surface area contributed by atoms with Crippen LogP contribution in [0.2, 0.25) is 0 Å². The van der Waals surface area contributed by atoms with Gasteiger partial charge in [0, 0.05) is 27.7 Å². The number of benzene rings is 1. The maximum atomic E-state index is 11.8. The van der Waals surface area contributed by atoms with Crippen molar-refractivity contribution in [3.05, 3.63) is 35.9 Å². The molecule has 0 spiro atoms. The molecule has 34 heavy (non-hydrogen) atoms. The van der Waals surface area contributed by atoms with Crippen LogP contribution in [0, 0.1) is 0 Å². The van der Waals surface area contributed by atoms with Gasteiger partial charge >= 0.3 is 23.9 Å². The third-order valence-corrected chi connectivity index (χ3v) is 4.50. The van der Waals surface area contributed by atoms with Crippen molar-refractivity contribution in [1.82, 2.24) is 0 Å². The molecule has 1 aliphatic heterocycles. The molecule has 0 saturated carbocycles. The largest absolute Gasteiger partial charge is 0.463 e. The van der Waals surface area contributed by atoms with E-state index in [1.165, 1.54) is 6.92 Å². The van der Waals surface area contributed by atoms with Crippen molar-refractivity contribution in [3.63, 3.8) is 0 Å². The Hall–Kier alpha value is -3.44. The van der Waals surface area contributed by atoms with Crippen molar-refractivity contribution in [2.24, 2.45) is 0 Å². The van der Waals surface area contributed by atoms with Crippen LogP contribution < -0.4 is 4.74 Å². The molecule has 2 rings (SSSR count). The van der Waals surface area contributed by atoms with Crippen molar-refractivity contribution in [1.29, 1.82) is 0 Å². The average molecular weight is 480 g/mol. The lowest BCUT2D eigenvalue weighted by Gasteiger charge is -2.43. The van der Waals surface area contributed by atoms with Crippen molar-refractivity contribution < 1.29 is 52.7 Å². The second-order valence-corrected chi connectivity index (χ2v) is 7.34. The van der Waals surface area contributed by atoms with Crippen LogP contribution in [0.4, 0.5) is 0 Å². The average Bonchev–Trinajstić information content (AvgIpc) is 2.75. The first kappa shape index (κ1) is 26.8. The summed E-state index contributed by atoms with van der Waals surface area (Å²) in [6.07, 6.45) is -3.01. The Kier molecular flexibility index (Phi) is 10.0. The quantitative estimate of drug-likeness (QED) is 0.401. The first-order valence-electron chi connectivity index (χ1n) is 10.4. The van der Waals surface area contributed by atoms with Crippen molar-refractivity contribution in [3.8, 4) is 5.75 Å². The summed E-state index contributed by atoms with van der Waals surface area (Å²) in [5.74, 6) is -2.46. The Balaban J connectivity index is 2.40. The number of aliphatic hydroxyl groups is 1. The summed E-state index contributed by atoms with van der Waals surface area (Å²) in [5, 5.41) is 8.90. The van der Waals surface area contributed by atoms with Crippen LogP contribution in [-0.4, -0.2) is 72.9 Å². The lowest BCUT2D eigenvalue weighted by atomic mass is 9.98. The van der Waals surface area contributed by atoms with E-state index in [1.54, 1.807) is 36.4 Å². The molecular formula is C23H28O11. The molecule has 0 unspecified atom stereocenters. The Bertz CT molecular complexity index is 893. The number of carbonyl (C=O) groups is 4. The van der Waals surface area contributed by atoms with Gasteiger partial charge in [-0.1, -0.05) is 24.3 Å². The first-order valence-corrected chi connectivity index (χ1v) is 10.4. The van der Waals surface area contributed by atoms with Crippen LogP contribution in [0.3, 0.4) is 0 Å². The molecule has 1 heterocycles. The van der Waals surface area contributed by atoms with Gasteiger partial charge in [-0.05, 0) is 17.7 Å². The zero-order valence-corrected chi connectivity index (χ0v) is 19.3. The number of carbonyl (C=O) groups excluding carboxylic acids is 4. The summed E-state index contributed by atoms with van der Waals surface area (Å²) in [6, 6.07) is 6.66. The topological polar surface area (TPSA) is 144 Å². The van der Waals surface area contributed by atoms with E-state index in [2.05, 4.69) is 0 Å². The second-order valence-electron chi connectivity index (χ2n) is 7.34. The van der Waals surface area contributed by atoms with Crippen LogP contribution in [0.1, 0.15) is 33.3 Å². The standard InChI is InChI=1S/C23H28O11/c1-13(25)29-12-19-20(30-14(2)26)21(31-15(3)27)22(32-16(4)28)23(34-19)33-18-9-7-17(8-10-18)6-5-11-24/h5-10,19-24H,11-12H2,1-4H3/b6-5+/t19-,20-,21+,22-,23-/m1/s1. The van der Waals surface area contributed by atoms with E-state index < -0.39 is 54.6 Å². The Morgan fingerprint density at radius 1 is 0.853 bits per heavy atom. The minimum atomic E-state index is -1.31. The molecule has 0 amide bonds. The molecule has 186 valence electrons. The van der Waals surface area contributed by atoms with Crippen LogP contribution in [0.15, 0.2) is 30.3 Å². The van der Waals surface area contributed by atoms with E-state index in [4.69, 9.17) is 33.5 Å². The zero-order chi connectivity index (χ0) is 25.3. The van der Waals surface area contributed by atoms with E-state index in [0.29, 0.717) is 5.75 Å². The Labute approximate surface area is 196 Å². The minimum absolute atomic E-state index is 0.108. The van der Waals surface area contributed by atoms with Gasteiger partial charge < -0.3 is 33.5 Å².